The Balaban J connectivity index is 2.33. The quantitative estimate of drug-likeness (QED) is 0.749. The van der Waals surface area contributed by atoms with Gasteiger partial charge in [0.05, 0.1) is 0 Å². The summed E-state index contributed by atoms with van der Waals surface area (Å²) in [7, 11) is 0. The smallest absolute Gasteiger partial charge is 0.134 e. The van der Waals surface area contributed by atoms with Gasteiger partial charge in [-0.3, -0.25) is 0 Å². The van der Waals surface area contributed by atoms with Crippen LogP contribution in [-0.2, 0) is 5.33 Å². The van der Waals surface area contributed by atoms with E-state index in [2.05, 4.69) is 15.9 Å². The normalized spacial score (nSPS) is 10.3. The lowest BCUT2D eigenvalue weighted by molar-refractivity contribution is 0.466. The van der Waals surface area contributed by atoms with Gasteiger partial charge in [-0.2, -0.15) is 0 Å². The molecule has 0 amide bonds. The molecule has 0 fully saturated rings. The van der Waals surface area contributed by atoms with Crippen LogP contribution < -0.4 is 4.74 Å². The molecule has 0 atom stereocenters. The molecule has 2 aromatic rings. The molecule has 0 saturated heterocycles. The fourth-order valence-electron chi connectivity index (χ4n) is 1.42. The highest BCUT2D eigenvalue weighted by atomic mass is 79.9. The van der Waals surface area contributed by atoms with E-state index in [9.17, 15) is 8.78 Å². The molecule has 0 aliphatic rings. The third-order valence-electron chi connectivity index (χ3n) is 2.23. The maximum atomic E-state index is 13.4. The molecule has 0 aliphatic heterocycles. The topological polar surface area (TPSA) is 9.23 Å². The molecule has 4 heteroatoms. The SMILES string of the molecule is Fc1cccc(Oc2cccc(F)c2CBr)c1. The van der Waals surface area contributed by atoms with Crippen LogP contribution in [0.25, 0.3) is 0 Å². The first-order chi connectivity index (χ1) is 8.20. The molecular weight excluding hydrogens is 290 g/mol. The first-order valence-electron chi connectivity index (χ1n) is 4.97. The molecule has 0 heterocycles. The van der Waals surface area contributed by atoms with Gasteiger partial charge in [0.15, 0.2) is 0 Å². The molecular formula is C13H9BrF2O. The number of ether oxygens (including phenoxy) is 1. The van der Waals surface area contributed by atoms with E-state index in [1.165, 1.54) is 24.3 Å². The second-order valence-electron chi connectivity index (χ2n) is 3.41. The first-order valence-corrected chi connectivity index (χ1v) is 6.09. The molecule has 0 N–H and O–H groups in total. The van der Waals surface area contributed by atoms with Gasteiger partial charge >= 0.3 is 0 Å². The Morgan fingerprint density at radius 1 is 1.06 bits per heavy atom. The van der Waals surface area contributed by atoms with Crippen molar-refractivity contribution in [1.82, 2.24) is 0 Å². The molecule has 0 saturated carbocycles. The van der Waals surface area contributed by atoms with Crippen molar-refractivity contribution in [2.75, 3.05) is 0 Å². The molecule has 0 aromatic heterocycles. The Hall–Kier alpha value is -1.42. The van der Waals surface area contributed by atoms with Crippen molar-refractivity contribution in [1.29, 1.82) is 0 Å². The van der Waals surface area contributed by atoms with Gasteiger partial charge in [0.2, 0.25) is 0 Å². The third-order valence-corrected chi connectivity index (χ3v) is 2.79. The van der Waals surface area contributed by atoms with Crippen LogP contribution in [-0.4, -0.2) is 0 Å². The van der Waals surface area contributed by atoms with Crippen molar-refractivity contribution in [3.05, 3.63) is 59.7 Å². The van der Waals surface area contributed by atoms with Gasteiger partial charge in [-0.05, 0) is 24.3 Å². The Bertz CT molecular complexity index is 529. The number of rotatable bonds is 3. The molecule has 17 heavy (non-hydrogen) atoms. The summed E-state index contributed by atoms with van der Waals surface area (Å²) in [6.07, 6.45) is 0. The molecule has 0 bridgehead atoms. The maximum absolute atomic E-state index is 13.4. The second-order valence-corrected chi connectivity index (χ2v) is 3.97. The van der Waals surface area contributed by atoms with Gasteiger partial charge in [0, 0.05) is 17.0 Å². The molecule has 88 valence electrons. The minimum atomic E-state index is -0.390. The molecule has 0 unspecified atom stereocenters. The molecule has 0 spiro atoms. The summed E-state index contributed by atoms with van der Waals surface area (Å²) in [6.45, 7) is 0. The summed E-state index contributed by atoms with van der Waals surface area (Å²) >= 11 is 3.19. The van der Waals surface area contributed by atoms with E-state index in [4.69, 9.17) is 4.74 Å². The van der Waals surface area contributed by atoms with E-state index in [-0.39, 0.29) is 11.6 Å². The van der Waals surface area contributed by atoms with Crippen molar-refractivity contribution in [3.8, 4) is 11.5 Å². The van der Waals surface area contributed by atoms with E-state index in [1.54, 1.807) is 18.2 Å². The summed E-state index contributed by atoms with van der Waals surface area (Å²) < 4.78 is 31.9. The summed E-state index contributed by atoms with van der Waals surface area (Å²) in [6, 6.07) is 10.3. The molecule has 2 aromatic carbocycles. The predicted molar refractivity (Wildman–Crippen MR) is 65.5 cm³/mol. The van der Waals surface area contributed by atoms with E-state index in [0.29, 0.717) is 22.4 Å². The van der Waals surface area contributed by atoms with Gasteiger partial charge < -0.3 is 4.74 Å². The van der Waals surface area contributed by atoms with E-state index in [1.807, 2.05) is 0 Å². The average Bonchev–Trinajstić information content (AvgIpc) is 2.29. The van der Waals surface area contributed by atoms with Crippen LogP contribution in [0.2, 0.25) is 0 Å². The first kappa shape index (κ1) is 12.0. The minimum Gasteiger partial charge on any atom is -0.457 e. The molecule has 0 radical (unpaired) electrons. The van der Waals surface area contributed by atoms with Crippen LogP contribution in [0.5, 0.6) is 11.5 Å². The highest BCUT2D eigenvalue weighted by Gasteiger charge is 2.09. The number of halogens is 3. The van der Waals surface area contributed by atoms with Crippen LogP contribution >= 0.6 is 15.9 Å². The van der Waals surface area contributed by atoms with Crippen molar-refractivity contribution in [2.24, 2.45) is 0 Å². The van der Waals surface area contributed by atoms with Gasteiger partial charge in [-0.25, -0.2) is 8.78 Å². The predicted octanol–water partition coefficient (Wildman–Crippen LogP) is 4.65. The van der Waals surface area contributed by atoms with Crippen LogP contribution in [0.4, 0.5) is 8.78 Å². The zero-order valence-corrected chi connectivity index (χ0v) is 10.4. The summed E-state index contributed by atoms with van der Waals surface area (Å²) in [5.74, 6) is -0.0136. The highest BCUT2D eigenvalue weighted by Crippen LogP contribution is 2.28. The molecule has 0 aliphatic carbocycles. The number of hydrogen-bond donors (Lipinski definition) is 0. The van der Waals surface area contributed by atoms with E-state index in [0.717, 1.165) is 0 Å². The number of benzene rings is 2. The van der Waals surface area contributed by atoms with Gasteiger partial charge in [-0.15, -0.1) is 0 Å². The largest absolute Gasteiger partial charge is 0.457 e. The summed E-state index contributed by atoms with van der Waals surface area (Å²) in [5.41, 5.74) is 0.414. The average molecular weight is 299 g/mol. The fourth-order valence-corrected chi connectivity index (χ4v) is 1.97. The van der Waals surface area contributed by atoms with E-state index < -0.39 is 0 Å². The van der Waals surface area contributed by atoms with Crippen LogP contribution in [0.3, 0.4) is 0 Å². The Morgan fingerprint density at radius 3 is 2.53 bits per heavy atom. The Labute approximate surface area is 106 Å². The molecule has 1 nitrogen and oxygen atoms in total. The minimum absolute atomic E-state index is 0.338. The fraction of sp³-hybridized carbons (Fsp3) is 0.0769. The van der Waals surface area contributed by atoms with E-state index >= 15 is 0 Å². The van der Waals surface area contributed by atoms with Gasteiger partial charge in [0.25, 0.3) is 0 Å². The maximum Gasteiger partial charge on any atom is 0.134 e. The summed E-state index contributed by atoms with van der Waals surface area (Å²) in [4.78, 5) is 0. The lowest BCUT2D eigenvalue weighted by Crippen LogP contribution is -1.93. The lowest BCUT2D eigenvalue weighted by Gasteiger charge is -2.10. The Morgan fingerprint density at radius 2 is 1.82 bits per heavy atom. The van der Waals surface area contributed by atoms with Crippen LogP contribution in [0.15, 0.2) is 42.5 Å². The van der Waals surface area contributed by atoms with Gasteiger partial charge in [0.1, 0.15) is 23.1 Å². The second kappa shape index (κ2) is 5.27. The number of hydrogen-bond acceptors (Lipinski definition) is 1. The van der Waals surface area contributed by atoms with Crippen molar-refractivity contribution in [2.45, 2.75) is 5.33 Å². The van der Waals surface area contributed by atoms with Crippen LogP contribution in [0.1, 0.15) is 5.56 Å². The zero-order chi connectivity index (χ0) is 12.3. The van der Waals surface area contributed by atoms with Gasteiger partial charge in [-0.1, -0.05) is 28.1 Å². The zero-order valence-electron chi connectivity index (χ0n) is 8.79. The monoisotopic (exact) mass is 298 g/mol. The third kappa shape index (κ3) is 2.82. The van der Waals surface area contributed by atoms with Crippen LogP contribution in [0, 0.1) is 11.6 Å². The van der Waals surface area contributed by atoms with Crippen molar-refractivity contribution < 1.29 is 13.5 Å². The Kier molecular flexibility index (Phi) is 3.74. The highest BCUT2D eigenvalue weighted by molar-refractivity contribution is 9.08. The standard InChI is InChI=1S/C13H9BrF2O/c14-8-11-12(16)5-2-6-13(11)17-10-4-1-3-9(15)7-10/h1-7H,8H2. The van der Waals surface area contributed by atoms with Crippen molar-refractivity contribution in [3.63, 3.8) is 0 Å². The number of alkyl halides is 1. The van der Waals surface area contributed by atoms with Crippen molar-refractivity contribution >= 4 is 15.9 Å². The molecule has 2 rings (SSSR count). The lowest BCUT2D eigenvalue weighted by atomic mass is 10.2. The summed E-state index contributed by atoms with van der Waals surface area (Å²) in [5, 5.41) is 0.338.